The number of nitrogens with two attached hydrogens (primary N) is 1. The molecule has 1 aliphatic heterocycles. The Morgan fingerprint density at radius 1 is 1.50 bits per heavy atom. The van der Waals surface area contributed by atoms with Gasteiger partial charge in [0.15, 0.2) is 0 Å². The molecule has 1 saturated carbocycles. The van der Waals surface area contributed by atoms with Crippen molar-refractivity contribution in [2.75, 3.05) is 0 Å². The number of hydrogen-bond donors (Lipinski definition) is 1. The summed E-state index contributed by atoms with van der Waals surface area (Å²) >= 11 is 0. The highest BCUT2D eigenvalue weighted by Crippen LogP contribution is 2.50. The van der Waals surface area contributed by atoms with Crippen LogP contribution >= 0.6 is 0 Å². The minimum absolute atomic E-state index is 0.0982. The molecule has 1 spiro atoms. The van der Waals surface area contributed by atoms with Gasteiger partial charge in [-0.15, -0.1) is 0 Å². The van der Waals surface area contributed by atoms with Gasteiger partial charge in [-0.2, -0.15) is 0 Å². The highest BCUT2D eigenvalue weighted by molar-refractivity contribution is 5.39. The minimum Gasteiger partial charge on any atom is -0.487 e. The van der Waals surface area contributed by atoms with Gasteiger partial charge >= 0.3 is 0 Å². The largest absolute Gasteiger partial charge is 0.487 e. The van der Waals surface area contributed by atoms with E-state index in [-0.39, 0.29) is 17.5 Å². The lowest BCUT2D eigenvalue weighted by Gasteiger charge is -2.42. The third kappa shape index (κ3) is 1.72. The van der Waals surface area contributed by atoms with E-state index in [0.29, 0.717) is 5.92 Å². The average Bonchev–Trinajstić information content (AvgIpc) is 2.72. The molecule has 18 heavy (non-hydrogen) atoms. The van der Waals surface area contributed by atoms with Crippen LogP contribution in [0.5, 0.6) is 5.75 Å². The fourth-order valence-corrected chi connectivity index (χ4v) is 3.74. The molecule has 1 fully saturated rings. The molecule has 2 nitrogen and oxygen atoms in total. The number of fused-ring (bicyclic) bond motifs is 1. The fraction of sp³-hybridized carbons (Fsp3) is 0.600. The van der Waals surface area contributed by atoms with Gasteiger partial charge in [0.2, 0.25) is 0 Å². The number of ether oxygens (including phenoxy) is 1. The second-order valence-corrected chi connectivity index (χ2v) is 5.66. The van der Waals surface area contributed by atoms with Crippen molar-refractivity contribution >= 4 is 0 Å². The first kappa shape index (κ1) is 12.0. The summed E-state index contributed by atoms with van der Waals surface area (Å²) in [4.78, 5) is 0. The van der Waals surface area contributed by atoms with Gasteiger partial charge in [0, 0.05) is 18.0 Å². The van der Waals surface area contributed by atoms with Crippen molar-refractivity contribution in [2.24, 2.45) is 11.7 Å². The van der Waals surface area contributed by atoms with Crippen molar-refractivity contribution in [1.29, 1.82) is 0 Å². The molecule has 1 aromatic rings. The highest BCUT2D eigenvalue weighted by Gasteiger charge is 2.48. The molecule has 3 heteroatoms. The first-order valence-electron chi connectivity index (χ1n) is 6.88. The third-order valence-electron chi connectivity index (χ3n) is 4.64. The second-order valence-electron chi connectivity index (χ2n) is 5.66. The van der Waals surface area contributed by atoms with Crippen LogP contribution in [0.2, 0.25) is 0 Å². The Morgan fingerprint density at radius 2 is 2.33 bits per heavy atom. The van der Waals surface area contributed by atoms with Crippen LogP contribution in [0.4, 0.5) is 4.39 Å². The Morgan fingerprint density at radius 3 is 3.11 bits per heavy atom. The summed E-state index contributed by atoms with van der Waals surface area (Å²) in [5.74, 6) is 1.14. The molecule has 0 bridgehead atoms. The molecular formula is C15H20FNO. The van der Waals surface area contributed by atoms with E-state index in [2.05, 4.69) is 6.92 Å². The lowest BCUT2D eigenvalue weighted by molar-refractivity contribution is -0.00110. The minimum atomic E-state index is -0.234. The molecule has 0 aromatic heterocycles. The van der Waals surface area contributed by atoms with Crippen molar-refractivity contribution in [3.05, 3.63) is 29.6 Å². The molecule has 2 aliphatic rings. The Labute approximate surface area is 107 Å². The summed E-state index contributed by atoms with van der Waals surface area (Å²) in [6, 6.07) is 4.61. The SMILES string of the molecule is CCC1CCCC12C[C@H](N)c1cc(F)ccc1O2. The zero-order valence-electron chi connectivity index (χ0n) is 10.8. The van der Waals surface area contributed by atoms with Gasteiger partial charge < -0.3 is 10.5 Å². The molecule has 3 atom stereocenters. The zero-order valence-corrected chi connectivity index (χ0v) is 10.8. The van der Waals surface area contributed by atoms with Gasteiger partial charge in [-0.25, -0.2) is 4.39 Å². The van der Waals surface area contributed by atoms with Crippen LogP contribution in [0.15, 0.2) is 18.2 Å². The smallest absolute Gasteiger partial charge is 0.125 e. The average molecular weight is 249 g/mol. The molecule has 98 valence electrons. The van der Waals surface area contributed by atoms with Gasteiger partial charge in [0.1, 0.15) is 17.2 Å². The van der Waals surface area contributed by atoms with Crippen LogP contribution in [0.3, 0.4) is 0 Å². The third-order valence-corrected chi connectivity index (χ3v) is 4.64. The van der Waals surface area contributed by atoms with Crippen LogP contribution in [0.1, 0.15) is 50.6 Å². The van der Waals surface area contributed by atoms with E-state index >= 15 is 0 Å². The summed E-state index contributed by atoms with van der Waals surface area (Å²) in [6.45, 7) is 2.22. The van der Waals surface area contributed by atoms with E-state index in [9.17, 15) is 4.39 Å². The summed E-state index contributed by atoms with van der Waals surface area (Å²) < 4.78 is 19.5. The predicted octanol–water partition coefficient (Wildman–Crippen LogP) is 3.56. The monoisotopic (exact) mass is 249 g/mol. The van der Waals surface area contributed by atoms with E-state index in [1.165, 1.54) is 25.0 Å². The molecule has 0 radical (unpaired) electrons. The zero-order chi connectivity index (χ0) is 12.8. The van der Waals surface area contributed by atoms with Crippen LogP contribution in [0, 0.1) is 11.7 Å². The van der Waals surface area contributed by atoms with Crippen molar-refractivity contribution in [2.45, 2.75) is 50.7 Å². The summed E-state index contributed by atoms with van der Waals surface area (Å²) in [5, 5.41) is 0. The maximum absolute atomic E-state index is 13.3. The first-order chi connectivity index (χ1) is 8.64. The van der Waals surface area contributed by atoms with Gasteiger partial charge in [0.05, 0.1) is 0 Å². The van der Waals surface area contributed by atoms with E-state index in [0.717, 1.165) is 30.6 Å². The lowest BCUT2D eigenvalue weighted by atomic mass is 9.79. The predicted molar refractivity (Wildman–Crippen MR) is 68.9 cm³/mol. The Bertz CT molecular complexity index is 462. The molecule has 1 aliphatic carbocycles. The van der Waals surface area contributed by atoms with Gasteiger partial charge in [-0.1, -0.05) is 6.92 Å². The molecule has 0 amide bonds. The fourth-order valence-electron chi connectivity index (χ4n) is 3.74. The van der Waals surface area contributed by atoms with Crippen LogP contribution in [-0.4, -0.2) is 5.60 Å². The summed E-state index contributed by atoms with van der Waals surface area (Å²) in [7, 11) is 0. The molecule has 1 aromatic carbocycles. The molecule has 2 N–H and O–H groups in total. The lowest BCUT2D eigenvalue weighted by Crippen LogP contribution is -2.45. The van der Waals surface area contributed by atoms with Gasteiger partial charge in [0.25, 0.3) is 0 Å². The Hall–Kier alpha value is -1.09. The van der Waals surface area contributed by atoms with Crippen LogP contribution < -0.4 is 10.5 Å². The van der Waals surface area contributed by atoms with Crippen molar-refractivity contribution in [1.82, 2.24) is 0 Å². The summed E-state index contributed by atoms with van der Waals surface area (Å²) in [5.41, 5.74) is 6.96. The normalized spacial score (nSPS) is 34.4. The Kier molecular flexibility index (Phi) is 2.81. The first-order valence-corrected chi connectivity index (χ1v) is 6.88. The number of halogens is 1. The Balaban J connectivity index is 1.98. The van der Waals surface area contributed by atoms with Gasteiger partial charge in [-0.3, -0.25) is 0 Å². The maximum Gasteiger partial charge on any atom is 0.125 e. The molecule has 2 unspecified atom stereocenters. The van der Waals surface area contributed by atoms with E-state index < -0.39 is 0 Å². The highest BCUT2D eigenvalue weighted by atomic mass is 19.1. The van der Waals surface area contributed by atoms with E-state index in [4.69, 9.17) is 10.5 Å². The van der Waals surface area contributed by atoms with E-state index in [1.54, 1.807) is 6.07 Å². The van der Waals surface area contributed by atoms with Crippen molar-refractivity contribution in [3.8, 4) is 5.75 Å². The van der Waals surface area contributed by atoms with Crippen molar-refractivity contribution in [3.63, 3.8) is 0 Å². The number of hydrogen-bond acceptors (Lipinski definition) is 2. The molecule has 3 rings (SSSR count). The van der Waals surface area contributed by atoms with E-state index in [1.807, 2.05) is 0 Å². The standard InChI is InChI=1S/C15H20FNO/c1-2-10-4-3-7-15(10)9-13(17)12-8-11(16)5-6-14(12)18-15/h5-6,8,10,13H,2-4,7,9,17H2,1H3/t10?,13-,15?/m0/s1. The number of benzene rings is 1. The van der Waals surface area contributed by atoms with Crippen molar-refractivity contribution < 1.29 is 9.13 Å². The maximum atomic E-state index is 13.3. The quantitative estimate of drug-likeness (QED) is 0.826. The molecule has 0 saturated heterocycles. The topological polar surface area (TPSA) is 35.2 Å². The number of rotatable bonds is 1. The second kappa shape index (κ2) is 4.23. The molecular weight excluding hydrogens is 229 g/mol. The van der Waals surface area contributed by atoms with Crippen LogP contribution in [0.25, 0.3) is 0 Å². The summed E-state index contributed by atoms with van der Waals surface area (Å²) in [6.07, 6.45) is 5.46. The van der Waals surface area contributed by atoms with Crippen LogP contribution in [-0.2, 0) is 0 Å². The van der Waals surface area contributed by atoms with Gasteiger partial charge in [-0.05, 0) is 49.8 Å². The molecule has 1 heterocycles.